The summed E-state index contributed by atoms with van der Waals surface area (Å²) in [6.45, 7) is 8.42. The number of benzene rings is 1. The van der Waals surface area contributed by atoms with Crippen molar-refractivity contribution in [3.63, 3.8) is 0 Å². The smallest absolute Gasteiger partial charge is 0.250 e. The molecule has 1 aromatic carbocycles. The lowest BCUT2D eigenvalue weighted by Crippen LogP contribution is -2.45. The molecule has 0 unspecified atom stereocenters. The Balaban J connectivity index is 1.50. The van der Waals surface area contributed by atoms with Gasteiger partial charge >= 0.3 is 0 Å². The molecule has 3 heterocycles. The monoisotopic (exact) mass is 512 g/mol. The van der Waals surface area contributed by atoms with Crippen molar-refractivity contribution in [2.75, 3.05) is 17.6 Å². The average Bonchev–Trinajstić information content (AvgIpc) is 3.22. The van der Waals surface area contributed by atoms with Crippen LogP contribution in [0.25, 0.3) is 27.9 Å². The fraction of sp³-hybridized carbons (Fsp3) is 0.400. The first kappa shape index (κ1) is 25.7. The Hall–Kier alpha value is -3.94. The molecule has 2 aromatic heterocycles. The number of nitrogen functional groups attached to an aromatic ring is 1. The zero-order valence-corrected chi connectivity index (χ0v) is 22.5. The number of nitrogens with zero attached hydrogens (tertiary/aromatic N) is 4. The third-order valence-electron chi connectivity index (χ3n) is 7.97. The highest BCUT2D eigenvalue weighted by atomic mass is 16.2. The summed E-state index contributed by atoms with van der Waals surface area (Å²) in [5.74, 6) is 0.545. The molecule has 198 valence electrons. The Bertz CT molecular complexity index is 1440. The average molecular weight is 513 g/mol. The molecular weight excluding hydrogens is 476 g/mol. The van der Waals surface area contributed by atoms with Crippen LogP contribution in [0.2, 0.25) is 0 Å². The lowest BCUT2D eigenvalue weighted by atomic mass is 9.83. The molecule has 2 atom stereocenters. The van der Waals surface area contributed by atoms with Crippen LogP contribution >= 0.6 is 0 Å². The molecule has 1 aliphatic heterocycles. The van der Waals surface area contributed by atoms with Crippen molar-refractivity contribution in [3.8, 4) is 11.3 Å². The molecule has 2 aliphatic rings. The second kappa shape index (κ2) is 10.4. The van der Waals surface area contributed by atoms with Crippen LogP contribution in [0.4, 0.5) is 11.5 Å². The first-order chi connectivity index (χ1) is 18.3. The standard InChI is InChI=1S/C30H36N6O2/c1-18(2)29(37)34-23-14-12-21(13-15-23)26-24(25-27(31)32-17-33-28(25)35(26)4)20-8-10-22(11-9-20)30(38)36-16-6-5-7-19(36)3/h8,12-15,17,19,22H,1,5-7,9-11,16H2,2-4H3,(H,34,37)(H2,31,32,33)/t19-,22+/m1/s1. The molecule has 5 rings (SSSR count). The van der Waals surface area contributed by atoms with Gasteiger partial charge in [-0.2, -0.15) is 0 Å². The molecule has 0 saturated carbocycles. The molecule has 1 aliphatic carbocycles. The predicted octanol–water partition coefficient (Wildman–Crippen LogP) is 5.32. The van der Waals surface area contributed by atoms with E-state index in [4.69, 9.17) is 5.73 Å². The van der Waals surface area contributed by atoms with Crippen molar-refractivity contribution in [3.05, 3.63) is 54.4 Å². The maximum absolute atomic E-state index is 13.3. The Morgan fingerprint density at radius 1 is 1.13 bits per heavy atom. The molecule has 2 amide bonds. The van der Waals surface area contributed by atoms with E-state index in [1.807, 2.05) is 31.3 Å². The number of hydrogen-bond donors (Lipinski definition) is 2. The molecule has 1 fully saturated rings. The highest BCUT2D eigenvalue weighted by Crippen LogP contribution is 2.43. The van der Waals surface area contributed by atoms with Gasteiger partial charge in [0.25, 0.3) is 5.91 Å². The topological polar surface area (TPSA) is 106 Å². The van der Waals surface area contributed by atoms with Gasteiger partial charge in [-0.1, -0.05) is 24.8 Å². The van der Waals surface area contributed by atoms with Crippen LogP contribution in [0.1, 0.15) is 57.9 Å². The molecular formula is C30H36N6O2. The summed E-state index contributed by atoms with van der Waals surface area (Å²) in [7, 11) is 1.98. The summed E-state index contributed by atoms with van der Waals surface area (Å²) in [5, 5.41) is 3.70. The number of nitrogens with one attached hydrogen (secondary N) is 1. The first-order valence-corrected chi connectivity index (χ1v) is 13.4. The van der Waals surface area contributed by atoms with Crippen LogP contribution < -0.4 is 11.1 Å². The van der Waals surface area contributed by atoms with Crippen LogP contribution in [0.15, 0.2) is 48.8 Å². The number of allylic oxidation sites excluding steroid dienone is 2. The Kier molecular flexibility index (Phi) is 7.06. The summed E-state index contributed by atoms with van der Waals surface area (Å²) in [5.41, 5.74) is 12.5. The number of nitrogens with two attached hydrogens (primary N) is 1. The van der Waals surface area contributed by atoms with Crippen molar-refractivity contribution in [1.29, 1.82) is 0 Å². The highest BCUT2D eigenvalue weighted by Gasteiger charge is 2.32. The van der Waals surface area contributed by atoms with Crippen LogP contribution in [0, 0.1) is 5.92 Å². The Labute approximate surface area is 223 Å². The minimum atomic E-state index is -0.207. The third-order valence-corrected chi connectivity index (χ3v) is 7.97. The van der Waals surface area contributed by atoms with E-state index in [0.717, 1.165) is 60.1 Å². The van der Waals surface area contributed by atoms with Gasteiger partial charge in [0.2, 0.25) is 5.91 Å². The van der Waals surface area contributed by atoms with Crippen LogP contribution in [0.5, 0.6) is 0 Å². The second-order valence-corrected chi connectivity index (χ2v) is 10.6. The zero-order valence-electron chi connectivity index (χ0n) is 22.5. The molecule has 0 bridgehead atoms. The van der Waals surface area contributed by atoms with Gasteiger partial charge in [0, 0.05) is 42.4 Å². The number of hydrogen-bond acceptors (Lipinski definition) is 5. The molecule has 0 spiro atoms. The van der Waals surface area contributed by atoms with Gasteiger partial charge in [0.1, 0.15) is 17.8 Å². The van der Waals surface area contributed by atoms with Gasteiger partial charge in [-0.25, -0.2) is 9.97 Å². The van der Waals surface area contributed by atoms with Crippen molar-refractivity contribution in [2.24, 2.45) is 13.0 Å². The summed E-state index contributed by atoms with van der Waals surface area (Å²) < 4.78 is 2.05. The summed E-state index contributed by atoms with van der Waals surface area (Å²) >= 11 is 0. The van der Waals surface area contributed by atoms with E-state index in [1.54, 1.807) is 6.92 Å². The number of amides is 2. The van der Waals surface area contributed by atoms with E-state index in [9.17, 15) is 9.59 Å². The van der Waals surface area contributed by atoms with E-state index in [-0.39, 0.29) is 11.8 Å². The van der Waals surface area contributed by atoms with Gasteiger partial charge in [-0.05, 0) is 75.6 Å². The van der Waals surface area contributed by atoms with Crippen molar-refractivity contribution in [2.45, 2.75) is 58.4 Å². The summed E-state index contributed by atoms with van der Waals surface area (Å²) in [6, 6.07) is 8.07. The predicted molar refractivity (Wildman–Crippen MR) is 152 cm³/mol. The van der Waals surface area contributed by atoms with Crippen molar-refractivity contribution >= 4 is 39.9 Å². The number of anilines is 2. The second-order valence-electron chi connectivity index (χ2n) is 10.6. The normalized spacial score (nSPS) is 19.8. The fourth-order valence-electron chi connectivity index (χ4n) is 5.82. The van der Waals surface area contributed by atoms with Gasteiger partial charge in [-0.3, -0.25) is 9.59 Å². The number of likely N-dealkylation sites (tertiary alicyclic amines) is 1. The minimum absolute atomic E-state index is 0.0162. The van der Waals surface area contributed by atoms with Crippen molar-refractivity contribution < 1.29 is 9.59 Å². The molecule has 0 radical (unpaired) electrons. The SMILES string of the molecule is C=C(C)C(=O)Nc1ccc(-c2c(C3=CC[C@H](C(=O)N4CCCC[C@H]4C)CC3)c3c(N)ncnc3n2C)cc1. The van der Waals surface area contributed by atoms with Crippen molar-refractivity contribution in [1.82, 2.24) is 19.4 Å². The number of rotatable bonds is 5. The number of piperidine rings is 1. The summed E-state index contributed by atoms with van der Waals surface area (Å²) in [6.07, 6.45) is 9.40. The van der Waals surface area contributed by atoms with Gasteiger partial charge in [-0.15, -0.1) is 0 Å². The molecule has 1 saturated heterocycles. The minimum Gasteiger partial charge on any atom is -0.383 e. The molecule has 38 heavy (non-hydrogen) atoms. The number of aromatic nitrogens is 3. The van der Waals surface area contributed by atoms with Crippen LogP contribution in [-0.2, 0) is 16.6 Å². The molecule has 3 N–H and O–H groups in total. The Morgan fingerprint density at radius 3 is 2.55 bits per heavy atom. The van der Waals surface area contributed by atoms with Gasteiger partial charge in [0.05, 0.1) is 11.1 Å². The number of aryl methyl sites for hydroxylation is 1. The van der Waals surface area contributed by atoms with E-state index < -0.39 is 0 Å². The first-order valence-electron chi connectivity index (χ1n) is 13.4. The Morgan fingerprint density at radius 2 is 1.89 bits per heavy atom. The third kappa shape index (κ3) is 4.71. The zero-order chi connectivity index (χ0) is 27.0. The van der Waals surface area contributed by atoms with Gasteiger partial charge < -0.3 is 20.5 Å². The van der Waals surface area contributed by atoms with E-state index >= 15 is 0 Å². The maximum atomic E-state index is 13.3. The fourth-order valence-corrected chi connectivity index (χ4v) is 5.82. The molecule has 8 nitrogen and oxygen atoms in total. The number of fused-ring (bicyclic) bond motifs is 1. The quantitative estimate of drug-likeness (QED) is 0.450. The lowest BCUT2D eigenvalue weighted by molar-refractivity contribution is -0.139. The van der Waals surface area contributed by atoms with E-state index in [1.165, 1.54) is 18.3 Å². The van der Waals surface area contributed by atoms with Crippen LogP contribution in [0.3, 0.4) is 0 Å². The lowest BCUT2D eigenvalue weighted by Gasteiger charge is -2.36. The van der Waals surface area contributed by atoms with Crippen LogP contribution in [-0.4, -0.2) is 43.8 Å². The highest BCUT2D eigenvalue weighted by molar-refractivity contribution is 6.05. The maximum Gasteiger partial charge on any atom is 0.250 e. The number of carbonyl (C=O) groups is 2. The van der Waals surface area contributed by atoms with E-state index in [2.05, 4.69) is 44.3 Å². The molecule has 3 aromatic rings. The van der Waals surface area contributed by atoms with Gasteiger partial charge in [0.15, 0.2) is 0 Å². The van der Waals surface area contributed by atoms with E-state index in [0.29, 0.717) is 35.4 Å². The largest absolute Gasteiger partial charge is 0.383 e. The number of carbonyl (C=O) groups excluding carboxylic acids is 2. The summed E-state index contributed by atoms with van der Waals surface area (Å²) in [4.78, 5) is 36.3. The molecule has 8 heteroatoms.